The van der Waals surface area contributed by atoms with Gasteiger partial charge in [0.15, 0.2) is 0 Å². The van der Waals surface area contributed by atoms with Crippen LogP contribution in [0.1, 0.15) is 15.9 Å². The van der Waals surface area contributed by atoms with Gasteiger partial charge in [0.2, 0.25) is 0 Å². The third kappa shape index (κ3) is 3.08. The summed E-state index contributed by atoms with van der Waals surface area (Å²) in [6.45, 7) is 1.73. The highest BCUT2D eigenvalue weighted by Gasteiger charge is 2.14. The van der Waals surface area contributed by atoms with Crippen molar-refractivity contribution in [3.63, 3.8) is 0 Å². The third-order valence-electron chi connectivity index (χ3n) is 2.66. The molecule has 2 N–H and O–H groups in total. The molecule has 5 heteroatoms. The summed E-state index contributed by atoms with van der Waals surface area (Å²) >= 11 is 9.31. The van der Waals surface area contributed by atoms with Gasteiger partial charge in [-0.2, -0.15) is 0 Å². The van der Waals surface area contributed by atoms with Crippen LogP contribution < -0.4 is 5.32 Å². The molecule has 0 atom stereocenters. The van der Waals surface area contributed by atoms with Crippen LogP contribution in [0.15, 0.2) is 40.9 Å². The number of aryl methyl sites for hydroxylation is 1. The fourth-order valence-corrected chi connectivity index (χ4v) is 2.15. The molecule has 0 spiro atoms. The molecule has 2 aromatic rings. The molecule has 98 valence electrons. The number of halogens is 2. The van der Waals surface area contributed by atoms with E-state index in [-0.39, 0.29) is 11.3 Å². The molecule has 0 unspecified atom stereocenters. The summed E-state index contributed by atoms with van der Waals surface area (Å²) in [5, 5.41) is 13.0. The molecule has 1 amide bonds. The van der Waals surface area contributed by atoms with Gasteiger partial charge in [0, 0.05) is 4.47 Å². The topological polar surface area (TPSA) is 49.3 Å². The second kappa shape index (κ2) is 5.63. The highest BCUT2D eigenvalue weighted by atomic mass is 79.9. The van der Waals surface area contributed by atoms with E-state index in [0.29, 0.717) is 16.3 Å². The van der Waals surface area contributed by atoms with Gasteiger partial charge in [0.05, 0.1) is 16.3 Å². The molecular weight excluding hydrogens is 330 g/mol. The molecule has 0 aliphatic carbocycles. The molecule has 0 aromatic heterocycles. The van der Waals surface area contributed by atoms with Crippen LogP contribution in [0.4, 0.5) is 5.69 Å². The molecule has 0 aliphatic heterocycles. The van der Waals surface area contributed by atoms with E-state index in [4.69, 9.17) is 11.6 Å². The number of phenolic OH excluding ortho intramolecular Hbond substituents is 1. The molecule has 0 saturated carbocycles. The van der Waals surface area contributed by atoms with Crippen molar-refractivity contribution >= 4 is 39.1 Å². The molecule has 2 rings (SSSR count). The number of hydrogen-bond donors (Lipinski definition) is 2. The molecule has 0 bridgehead atoms. The van der Waals surface area contributed by atoms with Crippen LogP contribution in [-0.4, -0.2) is 11.0 Å². The summed E-state index contributed by atoms with van der Waals surface area (Å²) in [6, 6.07) is 10.2. The molecule has 0 saturated heterocycles. The minimum absolute atomic E-state index is 0.0221. The molecule has 0 heterocycles. The first-order valence-electron chi connectivity index (χ1n) is 5.54. The Kier molecular flexibility index (Phi) is 4.12. The van der Waals surface area contributed by atoms with Crippen LogP contribution in [-0.2, 0) is 0 Å². The number of hydrogen-bond acceptors (Lipinski definition) is 2. The Morgan fingerprint density at radius 1 is 1.32 bits per heavy atom. The summed E-state index contributed by atoms with van der Waals surface area (Å²) in [6.07, 6.45) is 0. The number of nitrogens with one attached hydrogen (secondary N) is 1. The van der Waals surface area contributed by atoms with E-state index in [9.17, 15) is 9.90 Å². The van der Waals surface area contributed by atoms with Gasteiger partial charge in [0.1, 0.15) is 5.75 Å². The van der Waals surface area contributed by atoms with Crippen molar-refractivity contribution in [1.29, 1.82) is 0 Å². The minimum Gasteiger partial charge on any atom is -0.507 e. The van der Waals surface area contributed by atoms with Crippen LogP contribution in [0.25, 0.3) is 0 Å². The fraction of sp³-hybridized carbons (Fsp3) is 0.0714. The average molecular weight is 341 g/mol. The first-order valence-corrected chi connectivity index (χ1v) is 6.71. The predicted molar refractivity (Wildman–Crippen MR) is 79.9 cm³/mol. The van der Waals surface area contributed by atoms with Gasteiger partial charge >= 0.3 is 0 Å². The van der Waals surface area contributed by atoms with Crippen molar-refractivity contribution in [1.82, 2.24) is 0 Å². The van der Waals surface area contributed by atoms with Gasteiger partial charge in [0.25, 0.3) is 5.91 Å². The number of aromatic hydroxyl groups is 1. The lowest BCUT2D eigenvalue weighted by molar-refractivity contribution is 0.102. The quantitative estimate of drug-likeness (QED) is 0.853. The van der Waals surface area contributed by atoms with Crippen molar-refractivity contribution in [2.75, 3.05) is 5.32 Å². The Hall–Kier alpha value is -1.52. The number of carbonyl (C=O) groups excluding carboxylic acids is 1. The van der Waals surface area contributed by atoms with E-state index in [0.717, 1.165) is 4.47 Å². The van der Waals surface area contributed by atoms with E-state index >= 15 is 0 Å². The monoisotopic (exact) mass is 339 g/mol. The van der Waals surface area contributed by atoms with Crippen LogP contribution >= 0.6 is 27.5 Å². The molecule has 0 radical (unpaired) electrons. The minimum atomic E-state index is -0.402. The average Bonchev–Trinajstić information content (AvgIpc) is 2.37. The number of carbonyl (C=O) groups is 1. The Bertz CT molecular complexity index is 643. The SMILES string of the molecule is Cc1cccc(C(=O)Nc2cc(Br)ccc2Cl)c1O. The van der Waals surface area contributed by atoms with E-state index < -0.39 is 5.91 Å². The number of para-hydroxylation sites is 1. The normalized spacial score (nSPS) is 10.3. The molecule has 2 aromatic carbocycles. The van der Waals surface area contributed by atoms with Gasteiger partial charge in [-0.15, -0.1) is 0 Å². The first-order chi connectivity index (χ1) is 8.99. The molecule has 3 nitrogen and oxygen atoms in total. The lowest BCUT2D eigenvalue weighted by atomic mass is 10.1. The van der Waals surface area contributed by atoms with E-state index in [2.05, 4.69) is 21.2 Å². The maximum absolute atomic E-state index is 12.1. The summed E-state index contributed by atoms with van der Waals surface area (Å²) in [5.41, 5.74) is 1.35. The number of benzene rings is 2. The van der Waals surface area contributed by atoms with E-state index in [1.54, 1.807) is 43.3 Å². The second-order valence-electron chi connectivity index (χ2n) is 4.05. The van der Waals surface area contributed by atoms with Crippen LogP contribution in [0.2, 0.25) is 5.02 Å². The number of amides is 1. The zero-order chi connectivity index (χ0) is 14.0. The van der Waals surface area contributed by atoms with Crippen LogP contribution in [0.3, 0.4) is 0 Å². The lowest BCUT2D eigenvalue weighted by Crippen LogP contribution is -2.12. The molecular formula is C14H11BrClNO2. The van der Waals surface area contributed by atoms with Crippen molar-refractivity contribution in [2.24, 2.45) is 0 Å². The molecule has 0 aliphatic rings. The van der Waals surface area contributed by atoms with Crippen molar-refractivity contribution < 1.29 is 9.90 Å². The van der Waals surface area contributed by atoms with E-state index in [1.807, 2.05) is 0 Å². The summed E-state index contributed by atoms with van der Waals surface area (Å²) in [7, 11) is 0. The Morgan fingerprint density at radius 3 is 2.79 bits per heavy atom. The van der Waals surface area contributed by atoms with Gasteiger partial charge in [-0.1, -0.05) is 39.7 Å². The van der Waals surface area contributed by atoms with Gasteiger partial charge in [-0.25, -0.2) is 0 Å². The zero-order valence-corrected chi connectivity index (χ0v) is 12.4. The maximum Gasteiger partial charge on any atom is 0.259 e. The van der Waals surface area contributed by atoms with Crippen LogP contribution in [0.5, 0.6) is 5.75 Å². The van der Waals surface area contributed by atoms with Crippen molar-refractivity contribution in [3.8, 4) is 5.75 Å². The standard InChI is InChI=1S/C14H11BrClNO2/c1-8-3-2-4-10(13(8)18)14(19)17-12-7-9(15)5-6-11(12)16/h2-7,18H,1H3,(H,17,19). The number of phenols is 1. The lowest BCUT2D eigenvalue weighted by Gasteiger charge is -2.10. The summed E-state index contributed by atoms with van der Waals surface area (Å²) in [5.74, 6) is -0.424. The highest BCUT2D eigenvalue weighted by Crippen LogP contribution is 2.28. The van der Waals surface area contributed by atoms with Gasteiger partial charge in [-0.05, 0) is 36.8 Å². The smallest absolute Gasteiger partial charge is 0.259 e. The molecule has 19 heavy (non-hydrogen) atoms. The molecule has 0 fully saturated rings. The summed E-state index contributed by atoms with van der Waals surface area (Å²) < 4.78 is 0.806. The Labute approximate surface area is 124 Å². The third-order valence-corrected chi connectivity index (χ3v) is 3.48. The van der Waals surface area contributed by atoms with Gasteiger partial charge < -0.3 is 10.4 Å². The highest BCUT2D eigenvalue weighted by molar-refractivity contribution is 9.10. The summed E-state index contributed by atoms with van der Waals surface area (Å²) in [4.78, 5) is 12.1. The number of anilines is 1. The van der Waals surface area contributed by atoms with Crippen molar-refractivity contribution in [3.05, 3.63) is 57.0 Å². The first kappa shape index (κ1) is 13.9. The zero-order valence-electron chi connectivity index (χ0n) is 10.1. The largest absolute Gasteiger partial charge is 0.507 e. The second-order valence-corrected chi connectivity index (χ2v) is 5.37. The van der Waals surface area contributed by atoms with Crippen LogP contribution in [0, 0.1) is 6.92 Å². The van der Waals surface area contributed by atoms with Crippen molar-refractivity contribution in [2.45, 2.75) is 6.92 Å². The predicted octanol–water partition coefficient (Wildman–Crippen LogP) is 4.37. The van der Waals surface area contributed by atoms with E-state index in [1.165, 1.54) is 0 Å². The Balaban J connectivity index is 2.31. The van der Waals surface area contributed by atoms with Gasteiger partial charge in [-0.3, -0.25) is 4.79 Å². The fourth-order valence-electron chi connectivity index (χ4n) is 1.63. The maximum atomic E-state index is 12.1. The number of rotatable bonds is 2. The Morgan fingerprint density at radius 2 is 2.05 bits per heavy atom.